The summed E-state index contributed by atoms with van der Waals surface area (Å²) in [4.78, 5) is 15.5. The number of piperidine rings is 1. The fourth-order valence-corrected chi connectivity index (χ4v) is 3.97. The molecule has 2 heterocycles. The molecule has 4 nitrogen and oxygen atoms in total. The van der Waals surface area contributed by atoms with Crippen molar-refractivity contribution < 1.29 is 14.3 Å². The maximum absolute atomic E-state index is 13.1. The number of benzene rings is 2. The molecule has 0 N–H and O–H groups in total. The first-order valence-electron chi connectivity index (χ1n) is 9.51. The summed E-state index contributed by atoms with van der Waals surface area (Å²) in [7, 11) is 0. The molecule has 0 amide bonds. The molecule has 0 spiro atoms. The zero-order valence-electron chi connectivity index (χ0n) is 15.2. The van der Waals surface area contributed by atoms with Crippen molar-refractivity contribution in [2.24, 2.45) is 0 Å². The second kappa shape index (κ2) is 7.50. The maximum Gasteiger partial charge on any atom is 0.318 e. The molecule has 1 saturated heterocycles. The van der Waals surface area contributed by atoms with E-state index < -0.39 is 5.92 Å². The van der Waals surface area contributed by atoms with E-state index in [2.05, 4.69) is 4.90 Å². The number of nitrogens with zero attached hydrogens (tertiary/aromatic N) is 1. The van der Waals surface area contributed by atoms with Gasteiger partial charge in [0.05, 0.1) is 0 Å². The smallest absolute Gasteiger partial charge is 0.318 e. The van der Waals surface area contributed by atoms with Crippen LogP contribution in [0.15, 0.2) is 48.5 Å². The van der Waals surface area contributed by atoms with E-state index in [9.17, 15) is 4.79 Å². The van der Waals surface area contributed by atoms with E-state index in [0.717, 1.165) is 42.3 Å². The Morgan fingerprint density at radius 2 is 1.62 bits per heavy atom. The average molecular weight is 351 g/mol. The van der Waals surface area contributed by atoms with Crippen molar-refractivity contribution in [3.05, 3.63) is 59.7 Å². The van der Waals surface area contributed by atoms with E-state index in [1.165, 1.54) is 19.3 Å². The molecule has 136 valence electrons. The SMILES string of the molecule is C[C@H](CN1CCCCC1)OC(=O)C1c2ccccc2Oc2ccccc21. The van der Waals surface area contributed by atoms with Crippen LogP contribution in [-0.2, 0) is 9.53 Å². The number of para-hydroxylation sites is 2. The Bertz CT molecular complexity index is 737. The van der Waals surface area contributed by atoms with Crippen LogP contribution in [0.2, 0.25) is 0 Å². The molecule has 0 unspecified atom stereocenters. The topological polar surface area (TPSA) is 38.8 Å². The molecule has 1 atom stereocenters. The molecule has 2 aromatic rings. The number of rotatable bonds is 4. The molecule has 0 aliphatic carbocycles. The Morgan fingerprint density at radius 1 is 1.04 bits per heavy atom. The van der Waals surface area contributed by atoms with Gasteiger partial charge in [0.2, 0.25) is 0 Å². The molecule has 0 bridgehead atoms. The number of likely N-dealkylation sites (tertiary alicyclic amines) is 1. The third kappa shape index (κ3) is 3.47. The van der Waals surface area contributed by atoms with Gasteiger partial charge in [-0.25, -0.2) is 0 Å². The molecule has 0 aromatic heterocycles. The highest BCUT2D eigenvalue weighted by Gasteiger charge is 2.34. The van der Waals surface area contributed by atoms with Crippen LogP contribution in [0.25, 0.3) is 0 Å². The molecule has 0 saturated carbocycles. The molecule has 4 rings (SSSR count). The quantitative estimate of drug-likeness (QED) is 0.768. The fraction of sp³-hybridized carbons (Fsp3) is 0.409. The highest BCUT2D eigenvalue weighted by atomic mass is 16.5. The van der Waals surface area contributed by atoms with Crippen LogP contribution in [0.4, 0.5) is 0 Å². The van der Waals surface area contributed by atoms with Gasteiger partial charge in [-0.05, 0) is 45.0 Å². The second-order valence-corrected chi connectivity index (χ2v) is 7.22. The van der Waals surface area contributed by atoms with Gasteiger partial charge in [0.1, 0.15) is 23.5 Å². The standard InChI is InChI=1S/C22H25NO3/c1-16(15-23-13-7-2-8-14-23)25-22(24)21-17-9-3-5-11-19(17)26-20-12-6-4-10-18(20)21/h3-6,9-12,16,21H,2,7-8,13-15H2,1H3/t16-/m1/s1. The summed E-state index contributed by atoms with van der Waals surface area (Å²) in [5.41, 5.74) is 1.75. The molecule has 2 aromatic carbocycles. The summed E-state index contributed by atoms with van der Waals surface area (Å²) in [6.45, 7) is 5.00. The number of ether oxygens (including phenoxy) is 2. The van der Waals surface area contributed by atoms with Crippen LogP contribution >= 0.6 is 0 Å². The van der Waals surface area contributed by atoms with Gasteiger partial charge in [-0.3, -0.25) is 9.69 Å². The number of hydrogen-bond acceptors (Lipinski definition) is 4. The van der Waals surface area contributed by atoms with Gasteiger partial charge < -0.3 is 9.47 Å². The Labute approximate surface area is 154 Å². The molecule has 2 aliphatic heterocycles. The zero-order valence-corrected chi connectivity index (χ0v) is 15.2. The van der Waals surface area contributed by atoms with E-state index in [-0.39, 0.29) is 12.1 Å². The minimum Gasteiger partial charge on any atom is -0.461 e. The molecule has 1 fully saturated rings. The van der Waals surface area contributed by atoms with Crippen molar-refractivity contribution in [1.29, 1.82) is 0 Å². The average Bonchev–Trinajstić information content (AvgIpc) is 2.66. The third-order valence-electron chi connectivity index (χ3n) is 5.20. The van der Waals surface area contributed by atoms with Gasteiger partial charge in [-0.15, -0.1) is 0 Å². The third-order valence-corrected chi connectivity index (χ3v) is 5.20. The van der Waals surface area contributed by atoms with Crippen molar-refractivity contribution in [1.82, 2.24) is 4.90 Å². The first kappa shape index (κ1) is 17.1. The van der Waals surface area contributed by atoms with E-state index in [1.54, 1.807) is 0 Å². The minimum absolute atomic E-state index is 0.122. The molecule has 0 radical (unpaired) electrons. The van der Waals surface area contributed by atoms with E-state index in [0.29, 0.717) is 0 Å². The van der Waals surface area contributed by atoms with Gasteiger partial charge in [-0.2, -0.15) is 0 Å². The largest absolute Gasteiger partial charge is 0.461 e. The van der Waals surface area contributed by atoms with E-state index in [1.807, 2.05) is 55.5 Å². The number of carbonyl (C=O) groups excluding carboxylic acids is 1. The number of carbonyl (C=O) groups is 1. The summed E-state index contributed by atoms with van der Waals surface area (Å²) in [5, 5.41) is 0. The fourth-order valence-electron chi connectivity index (χ4n) is 3.97. The second-order valence-electron chi connectivity index (χ2n) is 7.22. The van der Waals surface area contributed by atoms with Crippen LogP contribution in [-0.4, -0.2) is 36.6 Å². The van der Waals surface area contributed by atoms with Gasteiger partial charge in [0.15, 0.2) is 0 Å². The zero-order chi connectivity index (χ0) is 17.9. The molecule has 4 heteroatoms. The maximum atomic E-state index is 13.1. The number of hydrogen-bond donors (Lipinski definition) is 0. The van der Waals surface area contributed by atoms with E-state index >= 15 is 0 Å². The van der Waals surface area contributed by atoms with Crippen molar-refractivity contribution in [2.45, 2.75) is 38.2 Å². The van der Waals surface area contributed by atoms with E-state index in [4.69, 9.17) is 9.47 Å². The van der Waals surface area contributed by atoms with Crippen LogP contribution in [0, 0.1) is 0 Å². The molecule has 26 heavy (non-hydrogen) atoms. The summed E-state index contributed by atoms with van der Waals surface area (Å²) in [6.07, 6.45) is 3.66. The Kier molecular flexibility index (Phi) is 4.93. The highest BCUT2D eigenvalue weighted by molar-refractivity contribution is 5.85. The molecular formula is C22H25NO3. The highest BCUT2D eigenvalue weighted by Crippen LogP contribution is 2.44. The lowest BCUT2D eigenvalue weighted by Gasteiger charge is -2.31. The monoisotopic (exact) mass is 351 g/mol. The number of fused-ring (bicyclic) bond motifs is 2. The summed E-state index contributed by atoms with van der Waals surface area (Å²) in [6, 6.07) is 15.4. The first-order valence-corrected chi connectivity index (χ1v) is 9.51. The van der Waals surface area contributed by atoms with Crippen LogP contribution < -0.4 is 4.74 Å². The number of esters is 1. The summed E-state index contributed by atoms with van der Waals surface area (Å²) >= 11 is 0. The Morgan fingerprint density at radius 3 is 2.23 bits per heavy atom. The predicted molar refractivity (Wildman–Crippen MR) is 101 cm³/mol. The van der Waals surface area contributed by atoms with Crippen molar-refractivity contribution in [3.8, 4) is 11.5 Å². The van der Waals surface area contributed by atoms with Crippen LogP contribution in [0.5, 0.6) is 11.5 Å². The molecular weight excluding hydrogens is 326 g/mol. The van der Waals surface area contributed by atoms with Crippen molar-refractivity contribution in [3.63, 3.8) is 0 Å². The predicted octanol–water partition coefficient (Wildman–Crippen LogP) is 4.34. The Balaban J connectivity index is 1.53. The summed E-state index contributed by atoms with van der Waals surface area (Å²) < 4.78 is 11.8. The van der Waals surface area contributed by atoms with Crippen molar-refractivity contribution in [2.75, 3.05) is 19.6 Å². The van der Waals surface area contributed by atoms with Crippen LogP contribution in [0.3, 0.4) is 0 Å². The molecule has 2 aliphatic rings. The van der Waals surface area contributed by atoms with Gasteiger partial charge in [0.25, 0.3) is 0 Å². The minimum atomic E-state index is -0.431. The lowest BCUT2D eigenvalue weighted by molar-refractivity contribution is -0.150. The van der Waals surface area contributed by atoms with Gasteiger partial charge in [0, 0.05) is 17.7 Å². The van der Waals surface area contributed by atoms with Gasteiger partial charge in [-0.1, -0.05) is 42.8 Å². The lowest BCUT2D eigenvalue weighted by Crippen LogP contribution is -2.38. The van der Waals surface area contributed by atoms with Gasteiger partial charge >= 0.3 is 5.97 Å². The summed E-state index contributed by atoms with van der Waals surface area (Å²) in [5.74, 6) is 0.839. The first-order chi connectivity index (χ1) is 12.7. The normalized spacial score (nSPS) is 18.3. The van der Waals surface area contributed by atoms with Crippen molar-refractivity contribution >= 4 is 5.97 Å². The lowest BCUT2D eigenvalue weighted by atomic mass is 9.88. The Hall–Kier alpha value is -2.33. The van der Waals surface area contributed by atoms with Crippen LogP contribution in [0.1, 0.15) is 43.2 Å².